The summed E-state index contributed by atoms with van der Waals surface area (Å²) in [5, 5.41) is 9.90. The third-order valence-electron chi connectivity index (χ3n) is 6.64. The maximum atomic E-state index is 12.2. The second-order valence-electron chi connectivity index (χ2n) is 11.0. The Kier molecular flexibility index (Phi) is 20.1. The number of carboxylic acid groups (broad SMARTS) is 1. The highest BCUT2D eigenvalue weighted by atomic mass is 32.2. The summed E-state index contributed by atoms with van der Waals surface area (Å²) in [5.74, 6) is -1.65. The van der Waals surface area contributed by atoms with E-state index < -0.39 is 144 Å². The summed E-state index contributed by atoms with van der Waals surface area (Å²) in [6.07, 6.45) is -0.684. The van der Waals surface area contributed by atoms with Crippen molar-refractivity contribution in [2.24, 2.45) is 0 Å². The highest BCUT2D eigenvalue weighted by Crippen LogP contribution is 2.70. The van der Waals surface area contributed by atoms with Crippen molar-refractivity contribution in [2.75, 3.05) is 38.2 Å². The molecule has 0 saturated carbocycles. The zero-order chi connectivity index (χ0) is 42.6. The lowest BCUT2D eigenvalue weighted by Gasteiger charge is -2.39. The molecular weight excluding hydrogens is 918 g/mol. The monoisotopic (exact) mass is 959 g/mol. The van der Waals surface area contributed by atoms with Gasteiger partial charge in [0.2, 0.25) is 22.1 Å². The first kappa shape index (κ1) is 53.9. The maximum absolute atomic E-state index is 12.2. The van der Waals surface area contributed by atoms with Crippen molar-refractivity contribution in [3.8, 4) is 0 Å². The van der Waals surface area contributed by atoms with Crippen LogP contribution in [-0.2, 0) is 41.3 Å². The van der Waals surface area contributed by atoms with Crippen molar-refractivity contribution in [1.82, 2.24) is 14.7 Å². The van der Waals surface area contributed by atoms with Crippen LogP contribution in [-0.4, -0.2) is 170 Å². The first-order valence-corrected chi connectivity index (χ1v) is 28.4. The number of nitrogens with zero attached hydrogens (tertiary/aromatic N) is 3. The van der Waals surface area contributed by atoms with Crippen molar-refractivity contribution in [2.45, 2.75) is 47.4 Å². The number of rotatable bonds is 25. The van der Waals surface area contributed by atoms with Gasteiger partial charge < -0.3 is 83.4 Å². The Labute approximate surface area is 303 Å². The first-order valence-electron chi connectivity index (χ1n) is 13.6. The fourth-order valence-electron chi connectivity index (χ4n) is 5.06. The molecule has 0 amide bonds. The molecule has 0 aliphatic heterocycles. The summed E-state index contributed by atoms with van der Waals surface area (Å²) in [4.78, 5) is 167. The van der Waals surface area contributed by atoms with Crippen LogP contribution >= 0.6 is 72.5 Å². The minimum absolute atomic E-state index is 0.0274. The minimum atomic E-state index is -6.26. The van der Waals surface area contributed by atoms with Gasteiger partial charge in [-0.25, -0.2) is 0 Å². The van der Waals surface area contributed by atoms with Crippen LogP contribution in [0.25, 0.3) is 0 Å². The van der Waals surface area contributed by atoms with Crippen molar-refractivity contribution in [3.05, 3.63) is 0 Å². The number of carbonyl (C=O) groups is 1. The van der Waals surface area contributed by atoms with Crippen LogP contribution in [0.1, 0.15) is 19.3 Å². The Hall–Kier alpha value is 0.900. The third-order valence-corrected chi connectivity index (χ3v) is 21.7. The van der Waals surface area contributed by atoms with Gasteiger partial charge in [0.15, 0.2) is 0 Å². The van der Waals surface area contributed by atoms with Crippen LogP contribution in [0.3, 0.4) is 0 Å². The largest absolute Gasteiger partial charge is 0.480 e. The Morgan fingerprint density at radius 3 is 0.868 bits per heavy atom. The normalized spacial score (nSPS) is 15.5. The molecule has 38 heteroatoms. The number of hydrogen-bond acceptors (Lipinski definition) is 13. The number of aliphatic carboxylic acids is 1. The van der Waals surface area contributed by atoms with Crippen molar-refractivity contribution >= 4 is 78.5 Å². The topological polar surface area (TPSA) is 507 Å². The Balaban J connectivity index is 7.20. The molecule has 0 saturated heterocycles. The van der Waals surface area contributed by atoms with Crippen LogP contribution in [0.5, 0.6) is 0 Å². The van der Waals surface area contributed by atoms with E-state index in [0.29, 0.717) is 0 Å². The third kappa shape index (κ3) is 17.3. The van der Waals surface area contributed by atoms with Gasteiger partial charge in [-0.2, -0.15) is 11.8 Å². The molecule has 53 heavy (non-hydrogen) atoms. The average Bonchev–Trinajstić information content (AvgIpc) is 2.81. The molecule has 0 bridgehead atoms. The van der Waals surface area contributed by atoms with Gasteiger partial charge in [-0.05, 0) is 31.3 Å². The molecule has 0 aliphatic carbocycles. The lowest BCUT2D eigenvalue weighted by atomic mass is 10.1. The summed E-state index contributed by atoms with van der Waals surface area (Å²) in [7, 11) is -50.1. The standard InChI is InChI=1S/C15H41N3O26P8S/c1-53-9-4-10(11(19)20)16(5-2-7-17(12(45(21,22)23)46(24,25)26)13(47(27,28)29)48(30,31)32)6-3-8-18(14(49(33,34)35)50(36,37)38)15(51(39,40)41)52(42,43)44/h10,12-15H,2-9H2,1H3,(H,19,20)(H2,21,22,23)(H2,24,25,26)(H2,27,28,29)(H2,30,31,32)(H2,33,34,35)(H2,36,37,38)(H2,39,40,41)(H2,42,43,44)/t10-/m0/s1. The number of thioether (sulfide) groups is 1. The van der Waals surface area contributed by atoms with Crippen LogP contribution in [0.2, 0.25) is 0 Å². The lowest BCUT2D eigenvalue weighted by molar-refractivity contribution is -0.143. The van der Waals surface area contributed by atoms with E-state index in [0.717, 1.165) is 16.7 Å². The highest BCUT2D eigenvalue weighted by molar-refractivity contribution is 7.98. The van der Waals surface area contributed by atoms with Crippen molar-refractivity contribution in [3.63, 3.8) is 0 Å². The smallest absolute Gasteiger partial charge is 0.355 e. The fourth-order valence-corrected chi connectivity index (χ4v) is 17.7. The minimum Gasteiger partial charge on any atom is -0.480 e. The summed E-state index contributed by atoms with van der Waals surface area (Å²) < 4.78 is 97.0. The van der Waals surface area contributed by atoms with Gasteiger partial charge in [0.05, 0.1) is 0 Å². The summed E-state index contributed by atoms with van der Waals surface area (Å²) in [6, 6.07) is -1.71. The van der Waals surface area contributed by atoms with Crippen LogP contribution in [0.15, 0.2) is 0 Å². The molecule has 0 radical (unpaired) electrons. The SMILES string of the molecule is CSCC[C@@H](C(=O)O)N(CCCN(C(P(=O)(O)O)P(=O)(O)O)C(P(=O)(O)O)P(=O)(O)O)CCCN(C(P(=O)(O)O)P(=O)(O)O)C(P(=O)(O)O)P(=O)(O)O. The molecule has 0 heterocycles. The number of carboxylic acids is 1. The number of hydrogen-bond donors (Lipinski definition) is 17. The van der Waals surface area contributed by atoms with Gasteiger partial charge in [-0.1, -0.05) is 0 Å². The Morgan fingerprint density at radius 1 is 0.472 bits per heavy atom. The molecular formula is C15H41N3O26P8S. The van der Waals surface area contributed by atoms with Crippen LogP contribution in [0, 0.1) is 0 Å². The fraction of sp³-hybridized carbons (Fsp3) is 0.933. The Morgan fingerprint density at radius 2 is 0.698 bits per heavy atom. The molecule has 29 nitrogen and oxygen atoms in total. The van der Waals surface area contributed by atoms with Crippen molar-refractivity contribution < 1.29 is 125 Å². The van der Waals surface area contributed by atoms with Crippen LogP contribution < -0.4 is 0 Å². The summed E-state index contributed by atoms with van der Waals surface area (Å²) in [6.45, 7) is -4.55. The summed E-state index contributed by atoms with van der Waals surface area (Å²) >= 11 is 1.06. The Bertz CT molecular complexity index is 1340. The molecule has 0 aliphatic rings. The van der Waals surface area contributed by atoms with Gasteiger partial charge in [-0.15, -0.1) is 0 Å². The zero-order valence-corrected chi connectivity index (χ0v) is 34.6. The highest BCUT2D eigenvalue weighted by Gasteiger charge is 2.59. The van der Waals surface area contributed by atoms with Gasteiger partial charge in [-0.3, -0.25) is 56.0 Å². The maximum Gasteiger partial charge on any atom is 0.355 e. The van der Waals surface area contributed by atoms with Gasteiger partial charge in [0.1, 0.15) is 6.04 Å². The van der Waals surface area contributed by atoms with E-state index in [2.05, 4.69) is 0 Å². The van der Waals surface area contributed by atoms with E-state index in [1.807, 2.05) is 0 Å². The predicted molar refractivity (Wildman–Crippen MR) is 180 cm³/mol. The van der Waals surface area contributed by atoms with E-state index in [9.17, 15) is 125 Å². The second-order valence-corrected chi connectivity index (χ2v) is 26.9. The van der Waals surface area contributed by atoms with Gasteiger partial charge >= 0.3 is 66.7 Å². The summed E-state index contributed by atoms with van der Waals surface area (Å²) in [5.41, 5.74) is -14.4. The molecule has 0 rings (SSSR count). The van der Waals surface area contributed by atoms with Gasteiger partial charge in [0.25, 0.3) is 0 Å². The van der Waals surface area contributed by atoms with E-state index >= 15 is 0 Å². The van der Waals surface area contributed by atoms with E-state index in [1.165, 1.54) is 6.26 Å². The van der Waals surface area contributed by atoms with E-state index in [-0.39, 0.29) is 12.2 Å². The molecule has 318 valence electrons. The lowest BCUT2D eigenvalue weighted by Crippen LogP contribution is -2.47. The average molecular weight is 959 g/mol. The van der Waals surface area contributed by atoms with Crippen molar-refractivity contribution in [1.29, 1.82) is 0 Å². The quantitative estimate of drug-likeness (QED) is 0.0418. The first-order chi connectivity index (χ1) is 23.2. The molecule has 0 aromatic carbocycles. The molecule has 17 N–H and O–H groups in total. The molecule has 0 unspecified atom stereocenters. The molecule has 0 aromatic heterocycles. The predicted octanol–water partition coefficient (Wildman–Crippen LogP) is -2.57. The molecule has 0 fully saturated rings. The van der Waals surface area contributed by atoms with Crippen LogP contribution in [0.4, 0.5) is 0 Å². The second kappa shape index (κ2) is 19.8. The van der Waals surface area contributed by atoms with E-state index in [4.69, 9.17) is 0 Å². The van der Waals surface area contributed by atoms with Gasteiger partial charge in [0, 0.05) is 26.2 Å². The van der Waals surface area contributed by atoms with E-state index in [1.54, 1.807) is 0 Å². The molecule has 0 aromatic rings. The zero-order valence-electron chi connectivity index (χ0n) is 26.6. The molecule has 0 spiro atoms. The molecule has 1 atom stereocenters.